The predicted octanol–water partition coefficient (Wildman–Crippen LogP) is 3.41. The van der Waals surface area contributed by atoms with Gasteiger partial charge in [-0.1, -0.05) is 18.2 Å². The highest BCUT2D eigenvalue weighted by Gasteiger charge is 2.27. The topological polar surface area (TPSA) is 37.3 Å². The van der Waals surface area contributed by atoms with Crippen molar-refractivity contribution >= 4 is 11.7 Å². The average Bonchev–Trinajstić information content (AvgIpc) is 2.91. The van der Waals surface area contributed by atoms with Crippen LogP contribution in [0.2, 0.25) is 0 Å². The molecule has 0 unspecified atom stereocenters. The fourth-order valence-corrected chi connectivity index (χ4v) is 2.76. The first kappa shape index (κ1) is 12.8. The second-order valence-corrected chi connectivity index (χ2v) is 5.24. The van der Waals surface area contributed by atoms with Crippen molar-refractivity contribution < 1.29 is 4.79 Å². The van der Waals surface area contributed by atoms with E-state index in [9.17, 15) is 4.79 Å². The number of nitrogens with one attached hydrogen (secondary N) is 1. The molecular weight excluding hydrogens is 250 g/mol. The van der Waals surface area contributed by atoms with Gasteiger partial charge in [0.1, 0.15) is 0 Å². The van der Waals surface area contributed by atoms with Crippen LogP contribution < -0.4 is 5.32 Å². The number of urea groups is 1. The van der Waals surface area contributed by atoms with Gasteiger partial charge in [-0.2, -0.15) is 0 Å². The number of benzene rings is 1. The number of fused-ring (bicyclic) bond motifs is 1. The van der Waals surface area contributed by atoms with E-state index in [1.165, 1.54) is 5.69 Å². The second kappa shape index (κ2) is 5.04. The maximum absolute atomic E-state index is 12.5. The van der Waals surface area contributed by atoms with Gasteiger partial charge in [0.25, 0.3) is 0 Å². The van der Waals surface area contributed by atoms with E-state index in [0.717, 1.165) is 24.3 Å². The number of hydrogen-bond acceptors (Lipinski definition) is 1. The molecule has 1 aliphatic heterocycles. The number of carbonyl (C=O) groups excluding carboxylic acids is 1. The van der Waals surface area contributed by atoms with Crippen LogP contribution >= 0.6 is 0 Å². The monoisotopic (exact) mass is 269 g/mol. The third-order valence-corrected chi connectivity index (χ3v) is 3.99. The molecule has 0 saturated heterocycles. The summed E-state index contributed by atoms with van der Waals surface area (Å²) in [6.45, 7) is 5.66. The van der Waals surface area contributed by atoms with E-state index in [2.05, 4.69) is 29.1 Å². The van der Waals surface area contributed by atoms with E-state index < -0.39 is 0 Å². The summed E-state index contributed by atoms with van der Waals surface area (Å²) in [4.78, 5) is 14.4. The van der Waals surface area contributed by atoms with E-state index in [0.29, 0.717) is 0 Å². The van der Waals surface area contributed by atoms with Crippen molar-refractivity contribution in [3.05, 3.63) is 53.9 Å². The molecule has 2 aromatic rings. The fraction of sp³-hybridized carbons (Fsp3) is 0.312. The number of para-hydroxylation sites is 1. The SMILES string of the molecule is Cc1ccccc1NC(=O)N1CCn2cccc2[C@H]1C. The highest BCUT2D eigenvalue weighted by molar-refractivity contribution is 5.90. The molecule has 104 valence electrons. The molecule has 4 nitrogen and oxygen atoms in total. The maximum Gasteiger partial charge on any atom is 0.322 e. The number of anilines is 1. The molecule has 2 heterocycles. The molecule has 1 aromatic carbocycles. The van der Waals surface area contributed by atoms with Crippen LogP contribution in [-0.2, 0) is 6.54 Å². The Bertz CT molecular complexity index is 632. The zero-order valence-corrected chi connectivity index (χ0v) is 11.8. The Morgan fingerprint density at radius 3 is 2.80 bits per heavy atom. The van der Waals surface area contributed by atoms with Crippen LogP contribution in [-0.4, -0.2) is 22.0 Å². The number of amides is 2. The average molecular weight is 269 g/mol. The quantitative estimate of drug-likeness (QED) is 0.846. The summed E-state index contributed by atoms with van der Waals surface area (Å²) in [5, 5.41) is 3.01. The van der Waals surface area contributed by atoms with E-state index >= 15 is 0 Å². The molecule has 1 N–H and O–H groups in total. The van der Waals surface area contributed by atoms with Crippen LogP contribution in [0.25, 0.3) is 0 Å². The van der Waals surface area contributed by atoms with Crippen molar-refractivity contribution in [2.45, 2.75) is 26.4 Å². The van der Waals surface area contributed by atoms with Gasteiger partial charge in [0.2, 0.25) is 0 Å². The first-order valence-electron chi connectivity index (χ1n) is 6.95. The van der Waals surface area contributed by atoms with Crippen molar-refractivity contribution in [3.63, 3.8) is 0 Å². The van der Waals surface area contributed by atoms with Crippen LogP contribution in [0, 0.1) is 6.92 Å². The number of nitrogens with zero attached hydrogens (tertiary/aromatic N) is 2. The van der Waals surface area contributed by atoms with Gasteiger partial charge in [0.05, 0.1) is 6.04 Å². The largest absolute Gasteiger partial charge is 0.348 e. The van der Waals surface area contributed by atoms with Gasteiger partial charge >= 0.3 is 6.03 Å². The first-order chi connectivity index (χ1) is 9.66. The standard InChI is InChI=1S/C16H19N3O/c1-12-6-3-4-7-14(12)17-16(20)19-11-10-18-9-5-8-15(18)13(19)2/h3-9,13H,10-11H2,1-2H3,(H,17,20)/t13-/m1/s1. The minimum absolute atomic E-state index is 0.0285. The van der Waals surface area contributed by atoms with Gasteiger partial charge in [-0.05, 0) is 37.6 Å². The molecule has 3 rings (SSSR count). The van der Waals surface area contributed by atoms with Crippen LogP contribution in [0.15, 0.2) is 42.6 Å². The Morgan fingerprint density at radius 1 is 1.20 bits per heavy atom. The predicted molar refractivity (Wildman–Crippen MR) is 79.8 cm³/mol. The van der Waals surface area contributed by atoms with Crippen molar-refractivity contribution in [1.82, 2.24) is 9.47 Å². The number of carbonyl (C=O) groups is 1. The summed E-state index contributed by atoms with van der Waals surface area (Å²) in [6.07, 6.45) is 2.07. The van der Waals surface area contributed by atoms with E-state index in [1.54, 1.807) is 0 Å². The molecule has 0 saturated carbocycles. The Balaban J connectivity index is 1.77. The summed E-state index contributed by atoms with van der Waals surface area (Å²) < 4.78 is 2.21. The molecule has 2 amide bonds. The number of aryl methyl sites for hydroxylation is 1. The lowest BCUT2D eigenvalue weighted by atomic mass is 10.1. The fourth-order valence-electron chi connectivity index (χ4n) is 2.76. The highest BCUT2D eigenvalue weighted by atomic mass is 16.2. The molecule has 0 bridgehead atoms. The van der Waals surface area contributed by atoms with Crippen molar-refractivity contribution in [1.29, 1.82) is 0 Å². The normalized spacial score (nSPS) is 17.7. The number of hydrogen-bond donors (Lipinski definition) is 1. The summed E-state index contributed by atoms with van der Waals surface area (Å²) >= 11 is 0. The summed E-state index contributed by atoms with van der Waals surface area (Å²) in [6, 6.07) is 12.0. The summed E-state index contributed by atoms with van der Waals surface area (Å²) in [5.41, 5.74) is 3.15. The molecule has 0 aliphatic carbocycles. The van der Waals surface area contributed by atoms with Gasteiger partial charge in [-0.15, -0.1) is 0 Å². The number of rotatable bonds is 1. The van der Waals surface area contributed by atoms with Crippen LogP contribution in [0.1, 0.15) is 24.2 Å². The van der Waals surface area contributed by atoms with Crippen LogP contribution in [0.5, 0.6) is 0 Å². The third kappa shape index (κ3) is 2.18. The molecule has 4 heteroatoms. The minimum Gasteiger partial charge on any atom is -0.348 e. The third-order valence-electron chi connectivity index (χ3n) is 3.99. The lowest BCUT2D eigenvalue weighted by Crippen LogP contribution is -2.43. The van der Waals surface area contributed by atoms with Gasteiger partial charge in [0, 0.05) is 30.7 Å². The zero-order chi connectivity index (χ0) is 14.1. The van der Waals surface area contributed by atoms with Gasteiger partial charge in [-0.25, -0.2) is 4.79 Å². The Labute approximate surface area is 119 Å². The molecular formula is C16H19N3O. The molecule has 1 atom stereocenters. The van der Waals surface area contributed by atoms with Crippen molar-refractivity contribution in [2.75, 3.05) is 11.9 Å². The van der Waals surface area contributed by atoms with E-state index in [-0.39, 0.29) is 12.1 Å². The maximum atomic E-state index is 12.5. The molecule has 1 aliphatic rings. The van der Waals surface area contributed by atoms with Crippen molar-refractivity contribution in [2.24, 2.45) is 0 Å². The smallest absolute Gasteiger partial charge is 0.322 e. The van der Waals surface area contributed by atoms with Crippen molar-refractivity contribution in [3.8, 4) is 0 Å². The van der Waals surface area contributed by atoms with Gasteiger partial charge < -0.3 is 14.8 Å². The molecule has 0 spiro atoms. The Hall–Kier alpha value is -2.23. The second-order valence-electron chi connectivity index (χ2n) is 5.24. The highest BCUT2D eigenvalue weighted by Crippen LogP contribution is 2.26. The molecule has 0 fully saturated rings. The summed E-state index contributed by atoms with van der Waals surface area (Å²) in [7, 11) is 0. The molecule has 20 heavy (non-hydrogen) atoms. The molecule has 1 aromatic heterocycles. The minimum atomic E-state index is -0.0285. The Kier molecular flexibility index (Phi) is 3.22. The lowest BCUT2D eigenvalue weighted by molar-refractivity contribution is 0.175. The van der Waals surface area contributed by atoms with Crippen LogP contribution in [0.3, 0.4) is 0 Å². The van der Waals surface area contributed by atoms with Gasteiger partial charge in [-0.3, -0.25) is 0 Å². The molecule has 0 radical (unpaired) electrons. The first-order valence-corrected chi connectivity index (χ1v) is 6.95. The lowest BCUT2D eigenvalue weighted by Gasteiger charge is -2.35. The van der Waals surface area contributed by atoms with E-state index in [1.807, 2.05) is 42.2 Å². The Morgan fingerprint density at radius 2 is 2.00 bits per heavy atom. The van der Waals surface area contributed by atoms with Gasteiger partial charge in [0.15, 0.2) is 0 Å². The number of aromatic nitrogens is 1. The van der Waals surface area contributed by atoms with Crippen LogP contribution in [0.4, 0.5) is 10.5 Å². The summed E-state index contributed by atoms with van der Waals surface area (Å²) in [5.74, 6) is 0. The zero-order valence-electron chi connectivity index (χ0n) is 11.8. The van der Waals surface area contributed by atoms with E-state index in [4.69, 9.17) is 0 Å².